The Hall–Kier alpha value is -1.33. The molecule has 5 nitrogen and oxygen atoms in total. The number of likely N-dealkylation sites (tertiary alicyclic amines) is 1. The van der Waals surface area contributed by atoms with Crippen LogP contribution in [0, 0.1) is 5.92 Å². The van der Waals surface area contributed by atoms with Gasteiger partial charge in [0, 0.05) is 33.4 Å². The maximum Gasteiger partial charge on any atom is 0.257 e. The van der Waals surface area contributed by atoms with Crippen molar-refractivity contribution in [3.05, 3.63) is 24.2 Å². The summed E-state index contributed by atoms with van der Waals surface area (Å²) in [4.78, 5) is 14.2. The predicted octanol–water partition coefficient (Wildman–Crippen LogP) is 2.33. The van der Waals surface area contributed by atoms with E-state index in [1.54, 1.807) is 19.4 Å². The molecule has 1 aromatic heterocycles. The second-order valence-electron chi connectivity index (χ2n) is 5.98. The van der Waals surface area contributed by atoms with Crippen LogP contribution in [-0.2, 0) is 9.47 Å². The Kier molecular flexibility index (Phi) is 4.31. The Balaban J connectivity index is 1.60. The normalized spacial score (nSPS) is 24.6. The molecule has 0 aliphatic carbocycles. The van der Waals surface area contributed by atoms with Gasteiger partial charge in [0.1, 0.15) is 6.26 Å². The second kappa shape index (κ2) is 6.20. The average molecular weight is 293 g/mol. The van der Waals surface area contributed by atoms with Crippen LogP contribution in [0.2, 0.25) is 0 Å². The topological polar surface area (TPSA) is 51.9 Å². The molecule has 2 fully saturated rings. The maximum atomic E-state index is 12.3. The number of amides is 1. The summed E-state index contributed by atoms with van der Waals surface area (Å²) >= 11 is 0. The standard InChI is InChI=1S/C16H23NO4/c1-19-9-3-14-4-11-21-16(14)5-7-17(8-6-16)15(18)13-2-10-20-12-13/h2,10,12,14H,3-9,11H2,1H3. The highest BCUT2D eigenvalue weighted by Crippen LogP contribution is 2.42. The van der Waals surface area contributed by atoms with Gasteiger partial charge in [-0.05, 0) is 37.7 Å². The lowest BCUT2D eigenvalue weighted by Gasteiger charge is -2.42. The molecule has 5 heteroatoms. The van der Waals surface area contributed by atoms with Crippen LogP contribution in [-0.4, -0.2) is 49.8 Å². The number of furan rings is 1. The summed E-state index contributed by atoms with van der Waals surface area (Å²) in [7, 11) is 1.74. The number of hydrogen-bond donors (Lipinski definition) is 0. The summed E-state index contributed by atoms with van der Waals surface area (Å²) in [5.74, 6) is 0.619. The van der Waals surface area contributed by atoms with E-state index in [1.807, 2.05) is 4.90 Å². The van der Waals surface area contributed by atoms with Crippen LogP contribution in [0.4, 0.5) is 0 Å². The first kappa shape index (κ1) is 14.6. The third kappa shape index (κ3) is 2.85. The van der Waals surface area contributed by atoms with Gasteiger partial charge in [-0.3, -0.25) is 4.79 Å². The number of ether oxygens (including phenoxy) is 2. The van der Waals surface area contributed by atoms with Crippen molar-refractivity contribution in [2.45, 2.75) is 31.3 Å². The molecule has 1 amide bonds. The van der Waals surface area contributed by atoms with Gasteiger partial charge in [-0.2, -0.15) is 0 Å². The SMILES string of the molecule is COCCC1CCOC12CCN(C(=O)c1ccoc1)CC2. The fourth-order valence-corrected chi connectivity index (χ4v) is 3.66. The molecule has 21 heavy (non-hydrogen) atoms. The lowest BCUT2D eigenvalue weighted by molar-refractivity contribution is -0.0661. The molecule has 2 aliphatic heterocycles. The highest BCUT2D eigenvalue weighted by Gasteiger charge is 2.46. The van der Waals surface area contributed by atoms with Crippen LogP contribution in [0.3, 0.4) is 0 Å². The number of piperidine rings is 1. The smallest absolute Gasteiger partial charge is 0.257 e. The molecular formula is C16H23NO4. The van der Waals surface area contributed by atoms with Crippen molar-refractivity contribution in [3.8, 4) is 0 Å². The minimum Gasteiger partial charge on any atom is -0.472 e. The van der Waals surface area contributed by atoms with Crippen molar-refractivity contribution in [2.75, 3.05) is 33.4 Å². The molecule has 0 radical (unpaired) electrons. The molecule has 0 aromatic carbocycles. The zero-order chi connectivity index (χ0) is 14.7. The summed E-state index contributed by atoms with van der Waals surface area (Å²) in [6, 6.07) is 1.72. The van der Waals surface area contributed by atoms with Crippen LogP contribution >= 0.6 is 0 Å². The van der Waals surface area contributed by atoms with E-state index in [9.17, 15) is 4.79 Å². The molecule has 0 N–H and O–H groups in total. The van der Waals surface area contributed by atoms with Crippen molar-refractivity contribution in [1.82, 2.24) is 4.90 Å². The van der Waals surface area contributed by atoms with E-state index in [4.69, 9.17) is 13.9 Å². The third-order valence-corrected chi connectivity index (χ3v) is 4.94. The number of carbonyl (C=O) groups excluding carboxylic acids is 1. The summed E-state index contributed by atoms with van der Waals surface area (Å²) in [5, 5.41) is 0. The molecule has 1 aromatic rings. The molecule has 2 saturated heterocycles. The minimum absolute atomic E-state index is 0.0360. The minimum atomic E-state index is -0.0360. The lowest BCUT2D eigenvalue weighted by Crippen LogP contribution is -2.49. The van der Waals surface area contributed by atoms with Gasteiger partial charge in [0.05, 0.1) is 17.4 Å². The van der Waals surface area contributed by atoms with Gasteiger partial charge in [-0.1, -0.05) is 0 Å². The maximum absolute atomic E-state index is 12.3. The lowest BCUT2D eigenvalue weighted by atomic mass is 9.78. The molecule has 1 atom stereocenters. The van der Waals surface area contributed by atoms with Gasteiger partial charge >= 0.3 is 0 Å². The highest BCUT2D eigenvalue weighted by molar-refractivity contribution is 5.93. The highest BCUT2D eigenvalue weighted by atomic mass is 16.5. The number of nitrogens with zero attached hydrogens (tertiary/aromatic N) is 1. The van der Waals surface area contributed by atoms with E-state index >= 15 is 0 Å². The second-order valence-corrected chi connectivity index (χ2v) is 5.98. The van der Waals surface area contributed by atoms with Gasteiger partial charge in [-0.25, -0.2) is 0 Å². The monoisotopic (exact) mass is 293 g/mol. The molecule has 0 saturated carbocycles. The van der Waals surface area contributed by atoms with Gasteiger partial charge in [-0.15, -0.1) is 0 Å². The Bertz CT molecular complexity index is 463. The summed E-state index contributed by atoms with van der Waals surface area (Å²) < 4.78 is 16.3. The third-order valence-electron chi connectivity index (χ3n) is 4.94. The zero-order valence-electron chi connectivity index (χ0n) is 12.5. The molecule has 2 aliphatic rings. The van der Waals surface area contributed by atoms with Gasteiger partial charge < -0.3 is 18.8 Å². The Morgan fingerprint density at radius 3 is 2.95 bits per heavy atom. The van der Waals surface area contributed by atoms with E-state index in [2.05, 4.69) is 0 Å². The largest absolute Gasteiger partial charge is 0.472 e. The van der Waals surface area contributed by atoms with Crippen LogP contribution in [0.15, 0.2) is 23.0 Å². The van der Waals surface area contributed by atoms with E-state index in [1.165, 1.54) is 6.26 Å². The molecule has 3 heterocycles. The molecule has 1 spiro atoms. The van der Waals surface area contributed by atoms with Crippen molar-refractivity contribution < 1.29 is 18.7 Å². The number of methoxy groups -OCH3 is 1. The number of hydrogen-bond acceptors (Lipinski definition) is 4. The van der Waals surface area contributed by atoms with E-state index in [0.717, 1.165) is 52.0 Å². The summed E-state index contributed by atoms with van der Waals surface area (Å²) in [6.45, 7) is 3.14. The van der Waals surface area contributed by atoms with Crippen molar-refractivity contribution >= 4 is 5.91 Å². The van der Waals surface area contributed by atoms with Crippen molar-refractivity contribution in [2.24, 2.45) is 5.92 Å². The molecule has 116 valence electrons. The average Bonchev–Trinajstić information content (AvgIpc) is 3.16. The van der Waals surface area contributed by atoms with Gasteiger partial charge in [0.2, 0.25) is 0 Å². The predicted molar refractivity (Wildman–Crippen MR) is 77.1 cm³/mol. The van der Waals surface area contributed by atoms with Crippen LogP contribution in [0.25, 0.3) is 0 Å². The van der Waals surface area contributed by atoms with E-state index < -0.39 is 0 Å². The first-order chi connectivity index (χ1) is 10.2. The molecule has 1 unspecified atom stereocenters. The van der Waals surface area contributed by atoms with Crippen molar-refractivity contribution in [1.29, 1.82) is 0 Å². The van der Waals surface area contributed by atoms with E-state index in [-0.39, 0.29) is 11.5 Å². The van der Waals surface area contributed by atoms with Gasteiger partial charge in [0.25, 0.3) is 5.91 Å². The fourth-order valence-electron chi connectivity index (χ4n) is 3.66. The Morgan fingerprint density at radius 2 is 2.29 bits per heavy atom. The van der Waals surface area contributed by atoms with Crippen LogP contribution in [0.5, 0.6) is 0 Å². The quantitative estimate of drug-likeness (QED) is 0.855. The first-order valence-corrected chi connectivity index (χ1v) is 7.69. The fraction of sp³-hybridized carbons (Fsp3) is 0.688. The molecule has 3 rings (SSSR count). The molecule has 0 bridgehead atoms. The summed E-state index contributed by atoms with van der Waals surface area (Å²) in [5.41, 5.74) is 0.598. The number of carbonyl (C=O) groups is 1. The van der Waals surface area contributed by atoms with Gasteiger partial charge in [0.15, 0.2) is 0 Å². The Morgan fingerprint density at radius 1 is 1.48 bits per heavy atom. The number of rotatable bonds is 4. The Labute approximate surface area is 125 Å². The van der Waals surface area contributed by atoms with Crippen LogP contribution in [0.1, 0.15) is 36.0 Å². The van der Waals surface area contributed by atoms with Crippen LogP contribution < -0.4 is 0 Å². The summed E-state index contributed by atoms with van der Waals surface area (Å²) in [6.07, 6.45) is 7.06. The molecular weight excluding hydrogens is 270 g/mol. The van der Waals surface area contributed by atoms with Crippen molar-refractivity contribution in [3.63, 3.8) is 0 Å². The zero-order valence-corrected chi connectivity index (χ0v) is 12.5. The first-order valence-electron chi connectivity index (χ1n) is 7.69. The van der Waals surface area contributed by atoms with E-state index in [0.29, 0.717) is 11.5 Å².